The van der Waals surface area contributed by atoms with Crippen molar-refractivity contribution in [1.29, 1.82) is 0 Å². The van der Waals surface area contributed by atoms with Crippen molar-refractivity contribution in [1.82, 2.24) is 9.97 Å². The predicted octanol–water partition coefficient (Wildman–Crippen LogP) is 2.52. The molecule has 0 aliphatic rings. The molecule has 1 aromatic heterocycles. The molecule has 1 aromatic carbocycles. The summed E-state index contributed by atoms with van der Waals surface area (Å²) in [7, 11) is 1.55. The Kier molecular flexibility index (Phi) is 3.85. The number of anilines is 1. The molecule has 0 radical (unpaired) electrons. The highest BCUT2D eigenvalue weighted by atomic mass is 16.5. The number of nitrogen functional groups attached to an aromatic ring is 1. The van der Waals surface area contributed by atoms with Gasteiger partial charge in [0.25, 0.3) is 0 Å². The van der Waals surface area contributed by atoms with Crippen LogP contribution in [0.5, 0.6) is 11.5 Å². The van der Waals surface area contributed by atoms with E-state index in [1.807, 2.05) is 38.1 Å². The monoisotopic (exact) mass is 259 g/mol. The van der Waals surface area contributed by atoms with E-state index in [4.69, 9.17) is 15.2 Å². The molecule has 0 amide bonds. The first-order valence-corrected chi connectivity index (χ1v) is 6.03. The van der Waals surface area contributed by atoms with Gasteiger partial charge in [-0.05, 0) is 38.1 Å². The second-order valence-electron chi connectivity index (χ2n) is 4.33. The average Bonchev–Trinajstić information content (AvgIpc) is 2.38. The minimum atomic E-state index is 0.148. The third-order valence-corrected chi connectivity index (χ3v) is 2.54. The highest BCUT2D eigenvalue weighted by molar-refractivity contribution is 5.71. The van der Waals surface area contributed by atoms with E-state index in [2.05, 4.69) is 9.97 Å². The van der Waals surface area contributed by atoms with Crippen LogP contribution in [0, 0.1) is 0 Å². The van der Waals surface area contributed by atoms with Crippen molar-refractivity contribution < 1.29 is 9.47 Å². The van der Waals surface area contributed by atoms with E-state index in [0.717, 1.165) is 11.3 Å². The average molecular weight is 259 g/mol. The van der Waals surface area contributed by atoms with Gasteiger partial charge in [0.05, 0.1) is 13.2 Å². The van der Waals surface area contributed by atoms with Gasteiger partial charge in [-0.25, -0.2) is 9.97 Å². The number of hydrogen-bond donors (Lipinski definition) is 1. The summed E-state index contributed by atoms with van der Waals surface area (Å²) >= 11 is 0. The topological polar surface area (TPSA) is 70.3 Å². The van der Waals surface area contributed by atoms with Gasteiger partial charge in [0.1, 0.15) is 17.8 Å². The van der Waals surface area contributed by atoms with Crippen LogP contribution in [-0.4, -0.2) is 23.2 Å². The molecule has 0 aliphatic carbocycles. The number of ether oxygens (including phenoxy) is 2. The quantitative estimate of drug-likeness (QED) is 0.913. The molecular weight excluding hydrogens is 242 g/mol. The summed E-state index contributed by atoms with van der Waals surface area (Å²) in [6, 6.07) is 7.63. The van der Waals surface area contributed by atoms with E-state index in [1.165, 1.54) is 6.33 Å². The number of methoxy groups -OCH3 is 1. The number of nitrogens with two attached hydrogens (primary N) is 1. The highest BCUT2D eigenvalue weighted by Crippen LogP contribution is 2.32. The van der Waals surface area contributed by atoms with Crippen LogP contribution < -0.4 is 15.2 Å². The molecule has 0 saturated heterocycles. The molecule has 0 fully saturated rings. The van der Waals surface area contributed by atoms with Crippen LogP contribution in [0.4, 0.5) is 5.82 Å². The van der Waals surface area contributed by atoms with Gasteiger partial charge in [-0.2, -0.15) is 0 Å². The van der Waals surface area contributed by atoms with E-state index >= 15 is 0 Å². The van der Waals surface area contributed by atoms with Crippen LogP contribution in [0.1, 0.15) is 13.8 Å². The lowest BCUT2D eigenvalue weighted by Crippen LogP contribution is -2.05. The van der Waals surface area contributed by atoms with E-state index in [1.54, 1.807) is 7.11 Å². The minimum absolute atomic E-state index is 0.148. The third-order valence-electron chi connectivity index (χ3n) is 2.54. The fourth-order valence-corrected chi connectivity index (χ4v) is 1.76. The zero-order chi connectivity index (χ0) is 13.8. The molecule has 0 saturated carbocycles. The van der Waals surface area contributed by atoms with Gasteiger partial charge >= 0.3 is 0 Å². The molecule has 2 N–H and O–H groups in total. The Labute approximate surface area is 112 Å². The molecular formula is C14H17N3O2. The van der Waals surface area contributed by atoms with E-state index < -0.39 is 0 Å². The number of nitrogens with zero attached hydrogens (tertiary/aromatic N) is 2. The molecule has 0 atom stereocenters. The molecule has 2 aromatic rings. The minimum Gasteiger partial charge on any atom is -0.491 e. The van der Waals surface area contributed by atoms with Crippen molar-refractivity contribution >= 4 is 5.82 Å². The van der Waals surface area contributed by atoms with E-state index in [0.29, 0.717) is 17.3 Å². The lowest BCUT2D eigenvalue weighted by molar-refractivity contribution is 0.242. The Morgan fingerprint density at radius 2 is 1.79 bits per heavy atom. The maximum atomic E-state index is 5.76. The summed E-state index contributed by atoms with van der Waals surface area (Å²) in [5, 5.41) is 0. The molecule has 2 rings (SSSR count). The zero-order valence-electron chi connectivity index (χ0n) is 11.3. The van der Waals surface area contributed by atoms with Gasteiger partial charge in [0.15, 0.2) is 11.6 Å². The van der Waals surface area contributed by atoms with Crippen LogP contribution in [0.25, 0.3) is 11.3 Å². The van der Waals surface area contributed by atoms with Gasteiger partial charge in [-0.1, -0.05) is 0 Å². The smallest absolute Gasteiger partial charge is 0.187 e. The predicted molar refractivity (Wildman–Crippen MR) is 74.2 cm³/mol. The van der Waals surface area contributed by atoms with E-state index in [9.17, 15) is 0 Å². The second-order valence-corrected chi connectivity index (χ2v) is 4.33. The molecule has 0 bridgehead atoms. The summed E-state index contributed by atoms with van der Waals surface area (Å²) < 4.78 is 10.8. The van der Waals surface area contributed by atoms with Crippen LogP contribution >= 0.6 is 0 Å². The summed E-state index contributed by atoms with van der Waals surface area (Å²) in [4.78, 5) is 8.12. The standard InChI is InChI=1S/C14H17N3O2/c1-9(2)19-11-6-4-10(5-7-11)12-13(18-3)14(15)17-8-16-12/h4-9H,1-3H3,(H2,15,16,17). The van der Waals surface area contributed by atoms with Crippen molar-refractivity contribution in [2.45, 2.75) is 20.0 Å². The molecule has 5 nitrogen and oxygen atoms in total. The molecule has 1 heterocycles. The Morgan fingerprint density at radius 1 is 1.11 bits per heavy atom. The lowest BCUT2D eigenvalue weighted by atomic mass is 10.1. The van der Waals surface area contributed by atoms with Gasteiger partial charge in [0, 0.05) is 5.56 Å². The Hall–Kier alpha value is -2.30. The van der Waals surface area contributed by atoms with Crippen molar-refractivity contribution in [2.24, 2.45) is 0 Å². The molecule has 5 heteroatoms. The number of aromatic nitrogens is 2. The van der Waals surface area contributed by atoms with Gasteiger partial charge in [-0.3, -0.25) is 0 Å². The maximum Gasteiger partial charge on any atom is 0.187 e. The molecule has 0 aliphatic heterocycles. The second kappa shape index (κ2) is 5.56. The van der Waals surface area contributed by atoms with Crippen molar-refractivity contribution in [2.75, 3.05) is 12.8 Å². The first-order valence-electron chi connectivity index (χ1n) is 6.03. The zero-order valence-corrected chi connectivity index (χ0v) is 11.3. The summed E-state index contributed by atoms with van der Waals surface area (Å²) in [6.07, 6.45) is 1.57. The van der Waals surface area contributed by atoms with Crippen molar-refractivity contribution in [3.8, 4) is 22.8 Å². The van der Waals surface area contributed by atoms with Crippen LogP contribution in [0.2, 0.25) is 0 Å². The summed E-state index contributed by atoms with van der Waals surface area (Å²) in [5.41, 5.74) is 7.34. The third kappa shape index (κ3) is 2.93. The molecule has 0 unspecified atom stereocenters. The summed E-state index contributed by atoms with van der Waals surface area (Å²) in [5.74, 6) is 1.63. The normalized spacial score (nSPS) is 10.5. The van der Waals surface area contributed by atoms with Crippen LogP contribution in [0.15, 0.2) is 30.6 Å². The Bertz CT molecular complexity index is 553. The number of benzene rings is 1. The van der Waals surface area contributed by atoms with E-state index in [-0.39, 0.29) is 6.10 Å². The first-order chi connectivity index (χ1) is 9.11. The Balaban J connectivity index is 2.35. The van der Waals surface area contributed by atoms with Crippen LogP contribution in [-0.2, 0) is 0 Å². The Morgan fingerprint density at radius 3 is 2.37 bits per heavy atom. The van der Waals surface area contributed by atoms with Gasteiger partial charge < -0.3 is 15.2 Å². The SMILES string of the molecule is COc1c(N)ncnc1-c1ccc(OC(C)C)cc1. The first kappa shape index (κ1) is 13.1. The lowest BCUT2D eigenvalue weighted by Gasteiger charge is -2.11. The van der Waals surface area contributed by atoms with Gasteiger partial charge in [-0.15, -0.1) is 0 Å². The maximum absolute atomic E-state index is 5.76. The fraction of sp³-hybridized carbons (Fsp3) is 0.286. The van der Waals surface area contributed by atoms with Crippen molar-refractivity contribution in [3.05, 3.63) is 30.6 Å². The van der Waals surface area contributed by atoms with Crippen LogP contribution in [0.3, 0.4) is 0 Å². The number of hydrogen-bond acceptors (Lipinski definition) is 5. The van der Waals surface area contributed by atoms with Crippen molar-refractivity contribution in [3.63, 3.8) is 0 Å². The molecule has 0 spiro atoms. The number of rotatable bonds is 4. The molecule has 19 heavy (non-hydrogen) atoms. The highest BCUT2D eigenvalue weighted by Gasteiger charge is 2.11. The largest absolute Gasteiger partial charge is 0.491 e. The fourth-order valence-electron chi connectivity index (χ4n) is 1.76. The molecule has 100 valence electrons. The van der Waals surface area contributed by atoms with Gasteiger partial charge in [0.2, 0.25) is 0 Å². The summed E-state index contributed by atoms with van der Waals surface area (Å²) in [6.45, 7) is 3.98.